The van der Waals surface area contributed by atoms with E-state index in [1.807, 2.05) is 30.0 Å². The molecule has 0 unspecified atom stereocenters. The first-order valence-electron chi connectivity index (χ1n) is 9.84. The highest BCUT2D eigenvalue weighted by atomic mass is 16.2. The lowest BCUT2D eigenvalue weighted by Gasteiger charge is -2.37. The lowest BCUT2D eigenvalue weighted by Crippen LogP contribution is -2.50. The van der Waals surface area contributed by atoms with E-state index in [4.69, 9.17) is 0 Å². The molecule has 0 radical (unpaired) electrons. The maximum absolute atomic E-state index is 13.2. The third-order valence-electron chi connectivity index (χ3n) is 5.24. The molecular weight excluding hydrogens is 364 g/mol. The van der Waals surface area contributed by atoms with Gasteiger partial charge in [-0.05, 0) is 55.5 Å². The molecule has 29 heavy (non-hydrogen) atoms. The summed E-state index contributed by atoms with van der Waals surface area (Å²) in [6.45, 7) is 4.96. The minimum Gasteiger partial charge on any atom is -0.329 e. The predicted octanol–water partition coefficient (Wildman–Crippen LogP) is 3.49. The standard InChI is InChI=1S/C22H24N6O/c1-15-5-8-19(28(14-15)22-25-11-4-12-26-22)21(29)27-17-7-6-16(2)18(13-17)20-23-9-3-10-24-20/h3-4,6-7,9-13,15,19H,5,8,14H2,1-2H3,(H,27,29)/t15-,19-/m1/s1. The first-order valence-corrected chi connectivity index (χ1v) is 9.84. The van der Waals surface area contributed by atoms with E-state index in [9.17, 15) is 4.79 Å². The maximum atomic E-state index is 13.2. The molecule has 1 aliphatic rings. The fourth-order valence-corrected chi connectivity index (χ4v) is 3.69. The van der Waals surface area contributed by atoms with Gasteiger partial charge in [0.05, 0.1) is 0 Å². The molecule has 0 spiro atoms. The molecule has 3 aromatic rings. The number of anilines is 2. The van der Waals surface area contributed by atoms with Crippen LogP contribution in [0.4, 0.5) is 11.6 Å². The Bertz CT molecular complexity index is 979. The van der Waals surface area contributed by atoms with E-state index in [0.717, 1.165) is 36.2 Å². The molecule has 7 nitrogen and oxygen atoms in total. The third kappa shape index (κ3) is 4.23. The van der Waals surface area contributed by atoms with Crippen LogP contribution in [0.2, 0.25) is 0 Å². The fraction of sp³-hybridized carbons (Fsp3) is 0.318. The number of benzene rings is 1. The van der Waals surface area contributed by atoms with Crippen molar-refractivity contribution < 1.29 is 4.79 Å². The van der Waals surface area contributed by atoms with Crippen molar-refractivity contribution in [1.29, 1.82) is 0 Å². The Morgan fingerprint density at radius 3 is 2.45 bits per heavy atom. The second kappa shape index (κ2) is 8.34. The van der Waals surface area contributed by atoms with Crippen LogP contribution in [0.1, 0.15) is 25.3 Å². The zero-order chi connectivity index (χ0) is 20.2. The normalized spacial score (nSPS) is 19.0. The van der Waals surface area contributed by atoms with E-state index in [1.165, 1.54) is 0 Å². The summed E-state index contributed by atoms with van der Waals surface area (Å²) in [5, 5.41) is 3.07. The van der Waals surface area contributed by atoms with Crippen LogP contribution in [-0.4, -0.2) is 38.4 Å². The van der Waals surface area contributed by atoms with Crippen LogP contribution in [0.3, 0.4) is 0 Å². The number of carbonyl (C=O) groups excluding carboxylic acids is 1. The van der Waals surface area contributed by atoms with Crippen molar-refractivity contribution >= 4 is 17.5 Å². The van der Waals surface area contributed by atoms with Gasteiger partial charge in [-0.1, -0.05) is 13.0 Å². The van der Waals surface area contributed by atoms with E-state index in [-0.39, 0.29) is 11.9 Å². The van der Waals surface area contributed by atoms with Crippen LogP contribution in [0.5, 0.6) is 0 Å². The van der Waals surface area contributed by atoms with Crippen LogP contribution in [0, 0.1) is 12.8 Å². The summed E-state index contributed by atoms with van der Waals surface area (Å²) in [7, 11) is 0. The zero-order valence-electron chi connectivity index (χ0n) is 16.6. The highest BCUT2D eigenvalue weighted by Gasteiger charge is 2.33. The topological polar surface area (TPSA) is 83.9 Å². The lowest BCUT2D eigenvalue weighted by atomic mass is 9.94. The summed E-state index contributed by atoms with van der Waals surface area (Å²) >= 11 is 0. The van der Waals surface area contributed by atoms with E-state index >= 15 is 0 Å². The number of carbonyl (C=O) groups is 1. The average Bonchev–Trinajstić information content (AvgIpc) is 2.76. The molecule has 0 bridgehead atoms. The molecule has 1 N–H and O–H groups in total. The van der Waals surface area contributed by atoms with Crippen LogP contribution in [0.25, 0.3) is 11.4 Å². The summed E-state index contributed by atoms with van der Waals surface area (Å²) < 4.78 is 0. The number of piperidine rings is 1. The van der Waals surface area contributed by atoms with Gasteiger partial charge >= 0.3 is 0 Å². The number of aromatic nitrogens is 4. The minimum absolute atomic E-state index is 0.0480. The first-order chi connectivity index (χ1) is 14.1. The van der Waals surface area contributed by atoms with Gasteiger partial charge < -0.3 is 10.2 Å². The number of rotatable bonds is 4. The Balaban J connectivity index is 1.57. The number of nitrogens with zero attached hydrogens (tertiary/aromatic N) is 5. The highest BCUT2D eigenvalue weighted by molar-refractivity contribution is 5.97. The molecular formula is C22H24N6O. The predicted molar refractivity (Wildman–Crippen MR) is 112 cm³/mol. The van der Waals surface area contributed by atoms with E-state index < -0.39 is 0 Å². The van der Waals surface area contributed by atoms with E-state index in [2.05, 4.69) is 32.2 Å². The number of amides is 1. The Morgan fingerprint density at radius 2 is 1.72 bits per heavy atom. The molecule has 0 saturated carbocycles. The highest BCUT2D eigenvalue weighted by Crippen LogP contribution is 2.27. The zero-order valence-corrected chi connectivity index (χ0v) is 16.6. The summed E-state index contributed by atoms with van der Waals surface area (Å²) in [5.41, 5.74) is 2.69. The summed E-state index contributed by atoms with van der Waals surface area (Å²) in [5.74, 6) is 1.69. The summed E-state index contributed by atoms with van der Waals surface area (Å²) in [4.78, 5) is 32.5. The fourth-order valence-electron chi connectivity index (χ4n) is 3.69. The largest absolute Gasteiger partial charge is 0.329 e. The molecule has 2 aromatic heterocycles. The molecule has 4 rings (SSSR count). The average molecular weight is 388 g/mol. The van der Waals surface area contributed by atoms with Gasteiger partial charge in [0.2, 0.25) is 11.9 Å². The van der Waals surface area contributed by atoms with Crippen molar-refractivity contribution in [2.45, 2.75) is 32.7 Å². The Hall–Kier alpha value is -3.35. The molecule has 1 aliphatic heterocycles. The molecule has 1 aromatic carbocycles. The number of aryl methyl sites for hydroxylation is 1. The molecule has 7 heteroatoms. The molecule has 3 heterocycles. The second-order valence-corrected chi connectivity index (χ2v) is 7.49. The van der Waals surface area contributed by atoms with Crippen molar-refractivity contribution in [2.75, 3.05) is 16.8 Å². The molecule has 148 valence electrons. The second-order valence-electron chi connectivity index (χ2n) is 7.49. The Kier molecular flexibility index (Phi) is 5.46. The SMILES string of the molecule is Cc1ccc(NC(=O)[C@H]2CC[C@@H](C)CN2c2ncccn2)cc1-c1ncccn1. The van der Waals surface area contributed by atoms with Crippen LogP contribution < -0.4 is 10.2 Å². The maximum Gasteiger partial charge on any atom is 0.247 e. The third-order valence-corrected chi connectivity index (χ3v) is 5.24. The molecule has 1 amide bonds. The number of hydrogen-bond donors (Lipinski definition) is 1. The van der Waals surface area contributed by atoms with Crippen molar-refractivity contribution in [3.8, 4) is 11.4 Å². The Morgan fingerprint density at radius 1 is 1.03 bits per heavy atom. The van der Waals surface area contributed by atoms with Gasteiger partial charge in [0.25, 0.3) is 0 Å². The van der Waals surface area contributed by atoms with Crippen molar-refractivity contribution in [3.63, 3.8) is 0 Å². The monoisotopic (exact) mass is 388 g/mol. The van der Waals surface area contributed by atoms with Gasteiger partial charge in [0, 0.05) is 42.6 Å². The molecule has 2 atom stereocenters. The van der Waals surface area contributed by atoms with Crippen LogP contribution in [-0.2, 0) is 4.79 Å². The van der Waals surface area contributed by atoms with Gasteiger partial charge in [-0.3, -0.25) is 4.79 Å². The Labute approximate surface area is 170 Å². The quantitative estimate of drug-likeness (QED) is 0.737. The minimum atomic E-state index is -0.300. The summed E-state index contributed by atoms with van der Waals surface area (Å²) in [6.07, 6.45) is 8.62. The smallest absolute Gasteiger partial charge is 0.247 e. The molecule has 0 aliphatic carbocycles. The van der Waals surface area contributed by atoms with E-state index in [1.54, 1.807) is 36.9 Å². The van der Waals surface area contributed by atoms with Gasteiger partial charge in [0.15, 0.2) is 5.82 Å². The van der Waals surface area contributed by atoms with Gasteiger partial charge in [-0.25, -0.2) is 19.9 Å². The van der Waals surface area contributed by atoms with Gasteiger partial charge in [-0.15, -0.1) is 0 Å². The first kappa shape index (κ1) is 19.0. The number of nitrogens with one attached hydrogen (secondary N) is 1. The number of hydrogen-bond acceptors (Lipinski definition) is 6. The van der Waals surface area contributed by atoms with Crippen LogP contribution >= 0.6 is 0 Å². The molecule has 1 fully saturated rings. The van der Waals surface area contributed by atoms with Crippen LogP contribution in [0.15, 0.2) is 55.1 Å². The van der Waals surface area contributed by atoms with Gasteiger partial charge in [0.1, 0.15) is 6.04 Å². The lowest BCUT2D eigenvalue weighted by molar-refractivity contribution is -0.118. The molecule has 1 saturated heterocycles. The summed E-state index contributed by atoms with van der Waals surface area (Å²) in [6, 6.07) is 9.08. The van der Waals surface area contributed by atoms with Crippen molar-refractivity contribution in [3.05, 3.63) is 60.7 Å². The van der Waals surface area contributed by atoms with Crippen molar-refractivity contribution in [2.24, 2.45) is 5.92 Å². The van der Waals surface area contributed by atoms with Gasteiger partial charge in [-0.2, -0.15) is 0 Å². The van der Waals surface area contributed by atoms with E-state index in [0.29, 0.717) is 17.7 Å². The van der Waals surface area contributed by atoms with Crippen molar-refractivity contribution in [1.82, 2.24) is 19.9 Å².